The van der Waals surface area contributed by atoms with Gasteiger partial charge in [-0.05, 0) is 13.3 Å². The lowest BCUT2D eigenvalue weighted by atomic mass is 10.2. The maximum absolute atomic E-state index is 4.95. The fraction of sp³-hybridized carbons (Fsp3) is 0.667. The maximum atomic E-state index is 4.95. The van der Waals surface area contributed by atoms with Crippen molar-refractivity contribution in [3.63, 3.8) is 0 Å². The molecule has 1 rings (SSSR count). The second kappa shape index (κ2) is 5.96. The molecule has 0 fully saturated rings. The Morgan fingerprint density at radius 2 is 2.09 bits per heavy atom. The Labute approximate surface area is 68.6 Å². The van der Waals surface area contributed by atoms with Gasteiger partial charge in [-0.25, -0.2) is 0 Å². The van der Waals surface area contributed by atoms with E-state index < -0.39 is 0 Å². The quantitative estimate of drug-likeness (QED) is 0.656. The highest BCUT2D eigenvalue weighted by Gasteiger charge is 1.96. The first-order valence-electron chi connectivity index (χ1n) is 4.25. The van der Waals surface area contributed by atoms with Gasteiger partial charge in [0.15, 0.2) is 0 Å². The molecule has 0 aliphatic heterocycles. The Bertz CT molecular complexity index is 181. The van der Waals surface area contributed by atoms with Crippen molar-refractivity contribution < 1.29 is 4.52 Å². The molecule has 1 aromatic heterocycles. The number of nitrogens with zero attached hydrogens (tertiary/aromatic N) is 1. The molecule has 2 nitrogen and oxygen atoms in total. The molecule has 0 amide bonds. The SMILES string of the molecule is CC.CCCc1cc(C)no1. The third-order valence-corrected chi connectivity index (χ3v) is 1.17. The summed E-state index contributed by atoms with van der Waals surface area (Å²) in [7, 11) is 0. The minimum atomic E-state index is 0.971. The van der Waals surface area contributed by atoms with Crippen LogP contribution in [0.25, 0.3) is 0 Å². The Morgan fingerprint density at radius 1 is 1.45 bits per heavy atom. The highest BCUT2D eigenvalue weighted by molar-refractivity contribution is 5.02. The largest absolute Gasteiger partial charge is 0.361 e. The van der Waals surface area contributed by atoms with E-state index in [-0.39, 0.29) is 0 Å². The molecule has 1 heterocycles. The standard InChI is InChI=1S/C7H11NO.C2H6/c1-3-4-7-5-6(2)8-9-7;1-2/h5H,3-4H2,1-2H3;1-2H3. The van der Waals surface area contributed by atoms with Gasteiger partial charge in [0.1, 0.15) is 5.76 Å². The summed E-state index contributed by atoms with van der Waals surface area (Å²) in [5.74, 6) is 0.995. The van der Waals surface area contributed by atoms with Gasteiger partial charge in [0, 0.05) is 12.5 Å². The first kappa shape index (κ1) is 10.2. The second-order valence-corrected chi connectivity index (χ2v) is 2.18. The number of hydrogen-bond donors (Lipinski definition) is 0. The summed E-state index contributed by atoms with van der Waals surface area (Å²) in [6.45, 7) is 8.06. The van der Waals surface area contributed by atoms with Crippen molar-refractivity contribution in [1.29, 1.82) is 0 Å². The summed E-state index contributed by atoms with van der Waals surface area (Å²) in [6, 6.07) is 1.98. The van der Waals surface area contributed by atoms with Crippen LogP contribution in [0, 0.1) is 6.92 Å². The molecule has 64 valence electrons. The van der Waals surface area contributed by atoms with E-state index in [1.807, 2.05) is 26.8 Å². The van der Waals surface area contributed by atoms with E-state index in [2.05, 4.69) is 12.1 Å². The smallest absolute Gasteiger partial charge is 0.136 e. The van der Waals surface area contributed by atoms with Gasteiger partial charge in [-0.15, -0.1) is 0 Å². The predicted octanol–water partition coefficient (Wildman–Crippen LogP) is 2.96. The third kappa shape index (κ3) is 3.81. The molecular formula is C9H17NO. The lowest BCUT2D eigenvalue weighted by Crippen LogP contribution is -1.74. The molecule has 11 heavy (non-hydrogen) atoms. The predicted molar refractivity (Wildman–Crippen MR) is 46.6 cm³/mol. The van der Waals surface area contributed by atoms with Gasteiger partial charge in [0.2, 0.25) is 0 Å². The van der Waals surface area contributed by atoms with E-state index in [4.69, 9.17) is 4.52 Å². The summed E-state index contributed by atoms with van der Waals surface area (Å²) < 4.78 is 4.95. The van der Waals surface area contributed by atoms with E-state index in [0.717, 1.165) is 24.3 Å². The molecule has 0 saturated heterocycles. The van der Waals surface area contributed by atoms with Crippen LogP contribution in [0.2, 0.25) is 0 Å². The molecule has 2 heteroatoms. The Hall–Kier alpha value is -0.790. The number of aromatic nitrogens is 1. The molecule has 0 unspecified atom stereocenters. The van der Waals surface area contributed by atoms with Crippen molar-refractivity contribution in [2.75, 3.05) is 0 Å². The van der Waals surface area contributed by atoms with Crippen LogP contribution in [0.15, 0.2) is 10.6 Å². The number of hydrogen-bond acceptors (Lipinski definition) is 2. The van der Waals surface area contributed by atoms with Crippen molar-refractivity contribution in [2.24, 2.45) is 0 Å². The third-order valence-electron chi connectivity index (χ3n) is 1.17. The van der Waals surface area contributed by atoms with Crippen LogP contribution in [0.4, 0.5) is 0 Å². The Balaban J connectivity index is 0.000000461. The number of aryl methyl sites for hydroxylation is 2. The molecule has 0 aliphatic rings. The monoisotopic (exact) mass is 155 g/mol. The van der Waals surface area contributed by atoms with Gasteiger partial charge in [-0.2, -0.15) is 0 Å². The molecule has 0 radical (unpaired) electrons. The van der Waals surface area contributed by atoms with Gasteiger partial charge < -0.3 is 4.52 Å². The minimum Gasteiger partial charge on any atom is -0.361 e. The number of rotatable bonds is 2. The zero-order valence-corrected chi connectivity index (χ0v) is 7.85. The highest BCUT2D eigenvalue weighted by atomic mass is 16.5. The van der Waals surface area contributed by atoms with Gasteiger partial charge in [0.05, 0.1) is 5.69 Å². The minimum absolute atomic E-state index is 0.971. The zero-order chi connectivity index (χ0) is 8.69. The molecule has 0 aromatic carbocycles. The normalized spacial score (nSPS) is 8.73. The van der Waals surface area contributed by atoms with Gasteiger partial charge >= 0.3 is 0 Å². The first-order chi connectivity index (χ1) is 5.33. The van der Waals surface area contributed by atoms with E-state index in [1.165, 1.54) is 0 Å². The van der Waals surface area contributed by atoms with Crippen LogP contribution in [0.1, 0.15) is 38.6 Å². The Kier molecular flexibility index (Phi) is 5.53. The second-order valence-electron chi connectivity index (χ2n) is 2.18. The Morgan fingerprint density at radius 3 is 2.45 bits per heavy atom. The van der Waals surface area contributed by atoms with Crippen LogP contribution in [0.3, 0.4) is 0 Å². The molecule has 0 atom stereocenters. The summed E-state index contributed by atoms with van der Waals surface area (Å²) in [6.07, 6.45) is 2.12. The average Bonchev–Trinajstić information content (AvgIpc) is 2.41. The highest BCUT2D eigenvalue weighted by Crippen LogP contribution is 2.03. The van der Waals surface area contributed by atoms with Gasteiger partial charge in [-0.1, -0.05) is 25.9 Å². The van der Waals surface area contributed by atoms with Gasteiger partial charge in [0.25, 0.3) is 0 Å². The topological polar surface area (TPSA) is 26.0 Å². The van der Waals surface area contributed by atoms with E-state index in [0.29, 0.717) is 0 Å². The molecule has 0 spiro atoms. The molecular weight excluding hydrogens is 138 g/mol. The van der Waals surface area contributed by atoms with Crippen LogP contribution in [-0.2, 0) is 6.42 Å². The molecule has 0 N–H and O–H groups in total. The fourth-order valence-corrected chi connectivity index (χ4v) is 0.781. The van der Waals surface area contributed by atoms with Crippen molar-refractivity contribution in [3.05, 3.63) is 17.5 Å². The fourth-order valence-electron chi connectivity index (χ4n) is 0.781. The first-order valence-corrected chi connectivity index (χ1v) is 4.25. The van der Waals surface area contributed by atoms with E-state index in [1.54, 1.807) is 0 Å². The molecule has 0 bridgehead atoms. The van der Waals surface area contributed by atoms with E-state index in [9.17, 15) is 0 Å². The average molecular weight is 155 g/mol. The lowest BCUT2D eigenvalue weighted by molar-refractivity contribution is 0.378. The summed E-state index contributed by atoms with van der Waals surface area (Å²) in [5.41, 5.74) is 0.971. The van der Waals surface area contributed by atoms with Crippen molar-refractivity contribution in [3.8, 4) is 0 Å². The summed E-state index contributed by atoms with van der Waals surface area (Å²) in [4.78, 5) is 0. The zero-order valence-electron chi connectivity index (χ0n) is 7.85. The van der Waals surface area contributed by atoms with Crippen LogP contribution in [0.5, 0.6) is 0 Å². The summed E-state index contributed by atoms with van der Waals surface area (Å²) >= 11 is 0. The maximum Gasteiger partial charge on any atom is 0.136 e. The molecule has 0 saturated carbocycles. The van der Waals surface area contributed by atoms with Crippen LogP contribution in [-0.4, -0.2) is 5.16 Å². The van der Waals surface area contributed by atoms with Crippen molar-refractivity contribution >= 4 is 0 Å². The summed E-state index contributed by atoms with van der Waals surface area (Å²) in [5, 5.41) is 3.76. The van der Waals surface area contributed by atoms with Gasteiger partial charge in [-0.3, -0.25) is 0 Å². The van der Waals surface area contributed by atoms with Crippen molar-refractivity contribution in [1.82, 2.24) is 5.16 Å². The molecule has 1 aromatic rings. The lowest BCUT2D eigenvalue weighted by Gasteiger charge is -1.83. The molecule has 0 aliphatic carbocycles. The van der Waals surface area contributed by atoms with E-state index >= 15 is 0 Å². The van der Waals surface area contributed by atoms with Crippen LogP contribution < -0.4 is 0 Å². The van der Waals surface area contributed by atoms with Crippen molar-refractivity contribution in [2.45, 2.75) is 40.5 Å². The van der Waals surface area contributed by atoms with Crippen LogP contribution >= 0.6 is 0 Å².